The van der Waals surface area contributed by atoms with Gasteiger partial charge in [0.1, 0.15) is 46.0 Å². The molecule has 0 aliphatic heterocycles. The number of benzene rings is 8. The fourth-order valence-electron chi connectivity index (χ4n) is 15.9. The van der Waals surface area contributed by atoms with Crippen LogP contribution in [0.3, 0.4) is 0 Å². The summed E-state index contributed by atoms with van der Waals surface area (Å²) >= 11 is 0. The van der Waals surface area contributed by atoms with Gasteiger partial charge in [-0.15, -0.1) is 0 Å². The molecule has 0 spiro atoms. The molecule has 0 fully saturated rings. The first-order valence-corrected chi connectivity index (χ1v) is 42.5. The Balaban J connectivity index is 1.47. The van der Waals surface area contributed by atoms with Gasteiger partial charge in [0, 0.05) is 51.4 Å². The van der Waals surface area contributed by atoms with Gasteiger partial charge in [0.15, 0.2) is 0 Å². The Morgan fingerprint density at radius 3 is 0.277 bits per heavy atom. The second kappa shape index (κ2) is 34.7. The molecule has 0 heterocycles. The van der Waals surface area contributed by atoms with E-state index >= 15 is 0 Å². The van der Waals surface area contributed by atoms with E-state index in [1.807, 2.05) is 0 Å². The SMILES string of the molecule is CCOc1c2cc(C(C)(C)C)cc1Cc1cc(C(C)(C)C)cc(c1OCC)Cc1cc(C(C)(C)C)cc(c1OCC)Cc1cc(C(C)(C)C)cc(c1OCC)Cc1cc(C(C)(C)C)cc(c1OCC)Cc1cc(C(C)(C)C)cc(c1OCC)Cc1cc(C(C)(C)C)cc(c1OCC)Cc1cc(C(C)(C)C)cc(c1OCC)C2. The van der Waals surface area contributed by atoms with Crippen LogP contribution in [0.15, 0.2) is 97.1 Å². The third-order valence-electron chi connectivity index (χ3n) is 22.2. The molecule has 1 aliphatic carbocycles. The molecule has 0 N–H and O–H groups in total. The van der Waals surface area contributed by atoms with Crippen LogP contribution < -0.4 is 37.9 Å². The van der Waals surface area contributed by atoms with Crippen molar-refractivity contribution in [2.24, 2.45) is 0 Å². The Bertz CT molecular complexity index is 3560. The number of hydrogen-bond acceptors (Lipinski definition) is 8. The highest BCUT2D eigenvalue weighted by Crippen LogP contribution is 2.49. The van der Waals surface area contributed by atoms with Crippen molar-refractivity contribution in [3.8, 4) is 46.0 Å². The quantitative estimate of drug-likeness (QED) is 0.0947. The van der Waals surface area contributed by atoms with Crippen molar-refractivity contribution in [1.29, 1.82) is 0 Å². The molecule has 16 bridgehead atoms. The maximum Gasteiger partial charge on any atom is 0.126 e. The molecule has 8 nitrogen and oxygen atoms in total. The van der Waals surface area contributed by atoms with E-state index in [2.05, 4.69) is 319 Å². The zero-order chi connectivity index (χ0) is 82.8. The van der Waals surface area contributed by atoms with Gasteiger partial charge in [-0.2, -0.15) is 0 Å². The number of fused-ring (bicyclic) bond motifs is 16. The van der Waals surface area contributed by atoms with Crippen LogP contribution in [-0.2, 0) is 94.7 Å². The first-order chi connectivity index (χ1) is 52.2. The van der Waals surface area contributed by atoms with Crippen molar-refractivity contribution in [2.75, 3.05) is 52.9 Å². The standard InChI is InChI=1S/C104H144O8/c1-33-105-89-65-41-67-51-82(98(12,13)14)53-69(90(67)106-34-2)43-71-55-84(100(18,19)20)57-73(92(71)108-36-4)45-75-59-86(102(24,25)26)61-77(94(75)110-38-6)47-79-63-88(104(30,31)32)64-80(96(79)112-40-8)48-78-62-87(103(27,28)29)60-76(95(78)111-39-7)46-74-58-85(101(21,22)23)56-72(93(74)109-37-5)44-70-54-83(99(15,16)17)52-68(91(70)107-35-3)42-66(89)50-81(49-65)97(9,10)11/h49-64H,33-48H2,1-32H3. The topological polar surface area (TPSA) is 73.8 Å². The molecule has 112 heavy (non-hydrogen) atoms. The van der Waals surface area contributed by atoms with Crippen molar-refractivity contribution < 1.29 is 37.9 Å². The van der Waals surface area contributed by atoms with E-state index in [1.54, 1.807) is 0 Å². The van der Waals surface area contributed by atoms with Gasteiger partial charge in [-0.1, -0.05) is 263 Å². The predicted molar refractivity (Wildman–Crippen MR) is 473 cm³/mol. The fourth-order valence-corrected chi connectivity index (χ4v) is 15.9. The van der Waals surface area contributed by atoms with Crippen molar-refractivity contribution in [3.63, 3.8) is 0 Å². The lowest BCUT2D eigenvalue weighted by Gasteiger charge is -2.29. The summed E-state index contributed by atoms with van der Waals surface area (Å²) < 4.78 is 57.3. The molecular formula is C104H144O8. The van der Waals surface area contributed by atoms with E-state index in [9.17, 15) is 0 Å². The Hall–Kier alpha value is -7.84. The van der Waals surface area contributed by atoms with Crippen molar-refractivity contribution in [2.45, 2.75) is 316 Å². The van der Waals surface area contributed by atoms with E-state index in [0.29, 0.717) is 104 Å². The largest absolute Gasteiger partial charge is 0.493 e. The molecule has 0 unspecified atom stereocenters. The summed E-state index contributed by atoms with van der Waals surface area (Å²) in [7, 11) is 0. The summed E-state index contributed by atoms with van der Waals surface area (Å²) in [5, 5.41) is 0. The molecule has 0 saturated heterocycles. The molecule has 0 saturated carbocycles. The molecule has 0 aromatic heterocycles. The smallest absolute Gasteiger partial charge is 0.126 e. The minimum absolute atomic E-state index is 0.212. The Kier molecular flexibility index (Phi) is 27.3. The molecule has 608 valence electrons. The second-order valence-electron chi connectivity index (χ2n) is 39.9. The minimum atomic E-state index is -0.212. The third-order valence-corrected chi connectivity index (χ3v) is 22.2. The van der Waals surface area contributed by atoms with Gasteiger partial charge in [-0.05, 0) is 232 Å². The van der Waals surface area contributed by atoms with E-state index in [1.165, 1.54) is 44.5 Å². The van der Waals surface area contributed by atoms with Gasteiger partial charge in [-0.3, -0.25) is 0 Å². The van der Waals surface area contributed by atoms with Crippen LogP contribution >= 0.6 is 0 Å². The first kappa shape index (κ1) is 88.1. The van der Waals surface area contributed by atoms with Gasteiger partial charge in [0.2, 0.25) is 0 Å². The Labute approximate surface area is 679 Å². The lowest BCUT2D eigenvalue weighted by molar-refractivity contribution is 0.326. The highest BCUT2D eigenvalue weighted by atomic mass is 16.5. The Morgan fingerprint density at radius 2 is 0.223 bits per heavy atom. The highest BCUT2D eigenvalue weighted by molar-refractivity contribution is 5.63. The van der Waals surface area contributed by atoms with Crippen LogP contribution in [0.2, 0.25) is 0 Å². The van der Waals surface area contributed by atoms with E-state index < -0.39 is 0 Å². The normalized spacial score (nSPS) is 13.7. The molecule has 0 radical (unpaired) electrons. The van der Waals surface area contributed by atoms with Gasteiger partial charge in [0.05, 0.1) is 52.9 Å². The summed E-state index contributed by atoms with van der Waals surface area (Å²) in [6.07, 6.45) is 4.64. The average Bonchev–Trinajstić information content (AvgIpc) is 0.769. The number of ether oxygens (including phenoxy) is 8. The van der Waals surface area contributed by atoms with Gasteiger partial charge in [-0.25, -0.2) is 0 Å². The van der Waals surface area contributed by atoms with Crippen molar-refractivity contribution in [1.82, 2.24) is 0 Å². The summed E-state index contributed by atoms with van der Waals surface area (Å²) in [6, 6.07) is 38.8. The van der Waals surface area contributed by atoms with Crippen LogP contribution in [0.25, 0.3) is 0 Å². The predicted octanol–water partition coefficient (Wildman–Crippen LogP) is 26.3. The molecule has 0 atom stereocenters. The van der Waals surface area contributed by atoms with Crippen LogP contribution in [0, 0.1) is 0 Å². The zero-order valence-corrected chi connectivity index (χ0v) is 75.8. The maximum atomic E-state index is 7.17. The summed E-state index contributed by atoms with van der Waals surface area (Å²) in [5.41, 5.74) is 26.3. The van der Waals surface area contributed by atoms with Gasteiger partial charge >= 0.3 is 0 Å². The monoisotopic (exact) mass is 1520 g/mol. The fraction of sp³-hybridized carbons (Fsp3) is 0.538. The van der Waals surface area contributed by atoms with Crippen LogP contribution in [0.5, 0.6) is 46.0 Å². The molecular weight excluding hydrogens is 1380 g/mol. The zero-order valence-electron chi connectivity index (χ0n) is 75.8. The summed E-state index contributed by atoms with van der Waals surface area (Å²) in [6.45, 7) is 77.0. The lowest BCUT2D eigenvalue weighted by atomic mass is 9.79. The molecule has 1 aliphatic rings. The van der Waals surface area contributed by atoms with Crippen LogP contribution in [0.1, 0.15) is 355 Å². The van der Waals surface area contributed by atoms with E-state index in [0.717, 1.165) is 135 Å². The van der Waals surface area contributed by atoms with Gasteiger partial charge in [0.25, 0.3) is 0 Å². The summed E-state index contributed by atoms with van der Waals surface area (Å²) in [5.74, 6) is 7.27. The van der Waals surface area contributed by atoms with Crippen molar-refractivity contribution >= 4 is 0 Å². The van der Waals surface area contributed by atoms with Crippen molar-refractivity contribution in [3.05, 3.63) is 231 Å². The number of rotatable bonds is 16. The van der Waals surface area contributed by atoms with E-state index in [-0.39, 0.29) is 43.3 Å². The second-order valence-corrected chi connectivity index (χ2v) is 39.9. The molecule has 8 heteroatoms. The summed E-state index contributed by atoms with van der Waals surface area (Å²) in [4.78, 5) is 0. The third kappa shape index (κ3) is 20.8. The first-order valence-electron chi connectivity index (χ1n) is 42.5. The maximum absolute atomic E-state index is 7.17. The molecule has 0 amide bonds. The Morgan fingerprint density at radius 1 is 0.152 bits per heavy atom. The highest BCUT2D eigenvalue weighted by Gasteiger charge is 2.34. The molecule has 8 aromatic carbocycles. The lowest BCUT2D eigenvalue weighted by Crippen LogP contribution is -2.17. The van der Waals surface area contributed by atoms with Crippen LogP contribution in [0.4, 0.5) is 0 Å². The average molecular weight is 1520 g/mol. The van der Waals surface area contributed by atoms with Gasteiger partial charge < -0.3 is 37.9 Å². The molecule has 9 rings (SSSR count). The molecule has 8 aromatic rings. The van der Waals surface area contributed by atoms with Crippen LogP contribution in [-0.4, -0.2) is 52.9 Å². The minimum Gasteiger partial charge on any atom is -0.493 e. The van der Waals surface area contributed by atoms with E-state index in [4.69, 9.17) is 37.9 Å². The number of hydrogen-bond donors (Lipinski definition) is 0.